The molecule has 0 spiro atoms. The Hall–Kier alpha value is -3.98. The van der Waals surface area contributed by atoms with Crippen molar-refractivity contribution in [2.75, 3.05) is 24.8 Å². The van der Waals surface area contributed by atoms with Gasteiger partial charge in [-0.1, -0.05) is 12.1 Å². The monoisotopic (exact) mass is 587 g/mol. The Balaban J connectivity index is 1.58. The zero-order chi connectivity index (χ0) is 29.5. The first-order valence-corrected chi connectivity index (χ1v) is 14.3. The number of alkyl halides is 3. The van der Waals surface area contributed by atoms with Gasteiger partial charge in [-0.3, -0.25) is 5.73 Å². The van der Waals surface area contributed by atoms with Crippen LogP contribution in [0.15, 0.2) is 78.0 Å². The number of hydrogen-bond donors (Lipinski definition) is 2. The van der Waals surface area contributed by atoms with Crippen LogP contribution in [0.5, 0.6) is 5.75 Å². The number of aromatic nitrogens is 3. The van der Waals surface area contributed by atoms with Crippen LogP contribution in [0.3, 0.4) is 0 Å². The maximum atomic E-state index is 13.6. The first-order valence-electron chi connectivity index (χ1n) is 12.4. The number of fused-ring (bicyclic) bond motifs is 1. The van der Waals surface area contributed by atoms with Gasteiger partial charge in [0.2, 0.25) is 0 Å². The summed E-state index contributed by atoms with van der Waals surface area (Å²) in [7, 11) is -2.29. The summed E-state index contributed by atoms with van der Waals surface area (Å²) in [6.45, 7) is -1.20. The molecule has 0 amide bonds. The Labute approximate surface area is 234 Å². The third-order valence-corrected chi connectivity index (χ3v) is 7.88. The number of rotatable bonds is 7. The van der Waals surface area contributed by atoms with Crippen molar-refractivity contribution in [1.29, 1.82) is 0 Å². The first-order chi connectivity index (χ1) is 19.4. The fraction of sp³-hybridized carbons (Fsp3) is 0.259. The summed E-state index contributed by atoms with van der Waals surface area (Å²) in [6.07, 6.45) is -2.58. The minimum atomic E-state index is -4.57. The Morgan fingerprint density at radius 1 is 1.05 bits per heavy atom. The lowest BCUT2D eigenvalue weighted by molar-refractivity contribution is -0.158. The van der Waals surface area contributed by atoms with Gasteiger partial charge in [0.05, 0.1) is 36.4 Å². The highest BCUT2D eigenvalue weighted by molar-refractivity contribution is 7.90. The van der Waals surface area contributed by atoms with Crippen molar-refractivity contribution < 1.29 is 26.3 Å². The molecule has 2 aromatic carbocycles. The molecule has 1 aliphatic rings. The van der Waals surface area contributed by atoms with Gasteiger partial charge in [-0.2, -0.15) is 18.3 Å². The summed E-state index contributed by atoms with van der Waals surface area (Å²) < 4.78 is 72.4. The molecular formula is C27H28F3N7O3S. The lowest BCUT2D eigenvalue weighted by Gasteiger charge is -2.46. The molecule has 4 aromatic rings. The topological polar surface area (TPSA) is 133 Å². The summed E-state index contributed by atoms with van der Waals surface area (Å²) >= 11 is 0. The number of sulfone groups is 1. The molecule has 0 bridgehead atoms. The molecule has 3 heterocycles. The van der Waals surface area contributed by atoms with Crippen LogP contribution in [0.2, 0.25) is 0 Å². The quantitative estimate of drug-likeness (QED) is 0.334. The van der Waals surface area contributed by atoms with Gasteiger partial charge in [-0.25, -0.2) is 23.0 Å². The van der Waals surface area contributed by atoms with Gasteiger partial charge in [-0.15, -0.1) is 0 Å². The van der Waals surface area contributed by atoms with Gasteiger partial charge in [0.1, 0.15) is 23.1 Å². The zero-order valence-electron chi connectivity index (χ0n) is 22.2. The van der Waals surface area contributed by atoms with Crippen LogP contribution < -0.4 is 21.1 Å². The standard InChI is InChI=1S/C27H28F3N7O3S/c1-40-22-10-7-18(14-23(22)41(2,38)39)20-8-9-21-24(34-20)25(31)36(16-27(28,29)30)26(32)35(21)15-17-5-3-6-19(13-17)37-12-4-11-33-37/h3-14,25-26H,15-16,31-32H2,1-2H3. The van der Waals surface area contributed by atoms with E-state index in [4.69, 9.17) is 16.2 Å². The first kappa shape index (κ1) is 28.5. The molecule has 2 aromatic heterocycles. The zero-order valence-corrected chi connectivity index (χ0v) is 23.0. The number of pyridine rings is 1. The Morgan fingerprint density at radius 2 is 1.83 bits per heavy atom. The van der Waals surface area contributed by atoms with Gasteiger partial charge in [0, 0.05) is 30.8 Å². The lowest BCUT2D eigenvalue weighted by Crippen LogP contribution is -2.62. The molecule has 0 aliphatic carbocycles. The summed E-state index contributed by atoms with van der Waals surface area (Å²) in [5.74, 6) is 0.164. The fourth-order valence-electron chi connectivity index (χ4n) is 4.85. The van der Waals surface area contributed by atoms with E-state index in [9.17, 15) is 21.6 Å². The fourth-order valence-corrected chi connectivity index (χ4v) is 5.71. The molecular weight excluding hydrogens is 559 g/mol. The third kappa shape index (κ3) is 5.91. The van der Waals surface area contributed by atoms with Crippen molar-refractivity contribution in [2.45, 2.75) is 30.1 Å². The molecule has 2 unspecified atom stereocenters. The van der Waals surface area contributed by atoms with Crippen LogP contribution in [0.25, 0.3) is 16.9 Å². The van der Waals surface area contributed by atoms with Crippen LogP contribution in [-0.2, 0) is 16.4 Å². The highest BCUT2D eigenvalue weighted by Gasteiger charge is 2.42. The lowest BCUT2D eigenvalue weighted by atomic mass is 10.1. The maximum Gasteiger partial charge on any atom is 0.401 e. The van der Waals surface area contributed by atoms with E-state index < -0.39 is 35.0 Å². The van der Waals surface area contributed by atoms with E-state index in [0.717, 1.165) is 22.4 Å². The van der Waals surface area contributed by atoms with Gasteiger partial charge in [-0.05, 0) is 54.1 Å². The largest absolute Gasteiger partial charge is 0.495 e. The maximum absolute atomic E-state index is 13.6. The van der Waals surface area contributed by atoms with Gasteiger partial charge < -0.3 is 15.4 Å². The smallest absolute Gasteiger partial charge is 0.401 e. The van der Waals surface area contributed by atoms with Crippen molar-refractivity contribution in [1.82, 2.24) is 19.7 Å². The van der Waals surface area contributed by atoms with E-state index in [-0.39, 0.29) is 22.9 Å². The average Bonchev–Trinajstić information content (AvgIpc) is 3.47. The molecule has 0 saturated heterocycles. The number of methoxy groups -OCH3 is 1. The summed E-state index contributed by atoms with van der Waals surface area (Å²) in [5, 5.41) is 4.23. The molecule has 0 saturated carbocycles. The number of benzene rings is 2. The van der Waals surface area contributed by atoms with Crippen LogP contribution in [0.4, 0.5) is 18.9 Å². The van der Waals surface area contributed by atoms with E-state index in [0.29, 0.717) is 16.9 Å². The van der Waals surface area contributed by atoms with Crippen molar-refractivity contribution in [3.63, 3.8) is 0 Å². The van der Waals surface area contributed by atoms with Gasteiger partial charge >= 0.3 is 6.18 Å². The second kappa shape index (κ2) is 10.8. The average molecular weight is 588 g/mol. The van der Waals surface area contributed by atoms with E-state index in [1.54, 1.807) is 46.2 Å². The summed E-state index contributed by atoms with van der Waals surface area (Å²) in [5.41, 5.74) is 15.7. The molecule has 1 aliphatic heterocycles. The molecule has 10 nitrogen and oxygen atoms in total. The second-order valence-corrected chi connectivity index (χ2v) is 11.6. The molecule has 2 atom stereocenters. The van der Waals surface area contributed by atoms with Crippen molar-refractivity contribution in [2.24, 2.45) is 11.5 Å². The summed E-state index contributed by atoms with van der Waals surface area (Å²) in [4.78, 5) is 7.13. The van der Waals surface area contributed by atoms with Gasteiger partial charge in [0.25, 0.3) is 0 Å². The number of hydrogen-bond acceptors (Lipinski definition) is 9. The van der Waals surface area contributed by atoms with Crippen molar-refractivity contribution in [3.05, 3.63) is 84.3 Å². The van der Waals surface area contributed by atoms with Crippen LogP contribution in [-0.4, -0.2) is 60.5 Å². The van der Waals surface area contributed by atoms with Crippen molar-refractivity contribution in [3.8, 4) is 22.7 Å². The molecule has 0 fully saturated rings. The number of anilines is 1. The molecule has 14 heteroatoms. The Morgan fingerprint density at radius 3 is 2.49 bits per heavy atom. The molecule has 5 rings (SSSR count). The van der Waals surface area contributed by atoms with E-state index >= 15 is 0 Å². The minimum Gasteiger partial charge on any atom is -0.495 e. The highest BCUT2D eigenvalue weighted by atomic mass is 32.2. The molecule has 0 radical (unpaired) electrons. The van der Waals surface area contributed by atoms with E-state index in [2.05, 4.69) is 10.1 Å². The molecule has 216 valence electrons. The minimum absolute atomic E-state index is 0.0410. The van der Waals surface area contributed by atoms with Crippen LogP contribution >= 0.6 is 0 Å². The third-order valence-electron chi connectivity index (χ3n) is 6.76. The number of nitrogens with two attached hydrogens (primary N) is 2. The SMILES string of the molecule is COc1ccc(-c2ccc3c(n2)C(N)N(CC(F)(F)F)C(N)N3Cc2cccc(-n3cccn3)c2)cc1S(C)(=O)=O. The molecule has 4 N–H and O–H groups in total. The number of ether oxygens (including phenoxy) is 1. The number of halogens is 3. The number of nitrogens with zero attached hydrogens (tertiary/aromatic N) is 5. The van der Waals surface area contributed by atoms with E-state index in [1.165, 1.54) is 19.2 Å². The van der Waals surface area contributed by atoms with E-state index in [1.807, 2.05) is 24.3 Å². The highest BCUT2D eigenvalue weighted by Crippen LogP contribution is 2.38. The van der Waals surface area contributed by atoms with Crippen molar-refractivity contribution >= 4 is 15.5 Å². The van der Waals surface area contributed by atoms with Crippen LogP contribution in [0, 0.1) is 0 Å². The van der Waals surface area contributed by atoms with Gasteiger partial charge in [0.15, 0.2) is 9.84 Å². The predicted molar refractivity (Wildman–Crippen MR) is 147 cm³/mol. The Bertz CT molecular complexity index is 1660. The second-order valence-electron chi connectivity index (χ2n) is 9.63. The summed E-state index contributed by atoms with van der Waals surface area (Å²) in [6, 6.07) is 17.0. The Kier molecular flexibility index (Phi) is 7.50. The molecule has 41 heavy (non-hydrogen) atoms. The normalized spacial score (nSPS) is 17.9. The predicted octanol–water partition coefficient (Wildman–Crippen LogP) is 3.43. The van der Waals surface area contributed by atoms with Crippen LogP contribution in [0.1, 0.15) is 17.4 Å².